The largest absolute Gasteiger partial charge is 0.323 e. The van der Waals surface area contributed by atoms with E-state index in [1.807, 2.05) is 41.4 Å². The second-order valence-electron chi connectivity index (χ2n) is 6.25. The van der Waals surface area contributed by atoms with Crippen molar-refractivity contribution in [2.75, 3.05) is 7.05 Å². The van der Waals surface area contributed by atoms with Crippen molar-refractivity contribution < 1.29 is 4.79 Å². The van der Waals surface area contributed by atoms with E-state index in [9.17, 15) is 4.79 Å². The van der Waals surface area contributed by atoms with Crippen LogP contribution in [0.15, 0.2) is 43.1 Å². The monoisotopic (exact) mass is 309 g/mol. The Kier molecular flexibility index (Phi) is 3.44. The summed E-state index contributed by atoms with van der Waals surface area (Å²) in [4.78, 5) is 29.4. The third-order valence-corrected chi connectivity index (χ3v) is 5.02. The molecule has 2 fully saturated rings. The summed E-state index contributed by atoms with van der Waals surface area (Å²) >= 11 is 0. The van der Waals surface area contributed by atoms with E-state index in [0.717, 1.165) is 24.1 Å². The molecule has 1 saturated heterocycles. The van der Waals surface area contributed by atoms with E-state index >= 15 is 0 Å². The fourth-order valence-corrected chi connectivity index (χ4v) is 3.97. The molecule has 0 N–H and O–H groups in total. The van der Waals surface area contributed by atoms with E-state index in [4.69, 9.17) is 0 Å². The average Bonchev–Trinajstić information content (AvgIpc) is 3.13. The van der Waals surface area contributed by atoms with Gasteiger partial charge in [0.25, 0.3) is 0 Å². The van der Waals surface area contributed by atoms with Crippen LogP contribution in [0.2, 0.25) is 0 Å². The molecule has 2 aromatic heterocycles. The van der Waals surface area contributed by atoms with Gasteiger partial charge < -0.3 is 9.80 Å². The van der Waals surface area contributed by atoms with Crippen molar-refractivity contribution >= 4 is 6.03 Å². The van der Waals surface area contributed by atoms with Crippen molar-refractivity contribution in [3.05, 3.63) is 54.4 Å². The number of urea groups is 1. The lowest BCUT2D eigenvalue weighted by Gasteiger charge is -2.27. The lowest BCUT2D eigenvalue weighted by atomic mass is 9.97. The first kappa shape index (κ1) is 14.1. The number of pyridine rings is 1. The van der Waals surface area contributed by atoms with Gasteiger partial charge in [0.1, 0.15) is 0 Å². The molecular formula is C17H19N5O. The maximum atomic E-state index is 12.7. The molecule has 0 unspecified atom stereocenters. The molecule has 4 rings (SSSR count). The summed E-state index contributed by atoms with van der Waals surface area (Å²) in [7, 11) is 1.91. The topological polar surface area (TPSA) is 62.2 Å². The van der Waals surface area contributed by atoms with Gasteiger partial charge in [-0.2, -0.15) is 0 Å². The van der Waals surface area contributed by atoms with Crippen LogP contribution in [0, 0.1) is 0 Å². The van der Waals surface area contributed by atoms with Crippen LogP contribution in [-0.4, -0.2) is 49.9 Å². The van der Waals surface area contributed by atoms with Gasteiger partial charge in [0, 0.05) is 50.5 Å². The molecule has 0 radical (unpaired) electrons. The van der Waals surface area contributed by atoms with Crippen molar-refractivity contribution in [3.63, 3.8) is 0 Å². The summed E-state index contributed by atoms with van der Waals surface area (Å²) in [5.74, 6) is 0.249. The maximum absolute atomic E-state index is 12.7. The predicted octanol–water partition coefficient (Wildman–Crippen LogP) is 2.05. The molecule has 0 bridgehead atoms. The smallest absolute Gasteiger partial charge is 0.320 e. The predicted molar refractivity (Wildman–Crippen MR) is 84.5 cm³/mol. The molecule has 0 aromatic carbocycles. The number of amides is 2. The Bertz CT molecular complexity index is 693. The van der Waals surface area contributed by atoms with Crippen molar-refractivity contribution in [1.82, 2.24) is 24.8 Å². The summed E-state index contributed by atoms with van der Waals surface area (Å²) in [5.41, 5.74) is 2.04. The SMILES string of the molecule is CN1C(=O)N(Cc2cccnc2)[C@@H]2[C@H](c3cnccn3)CC[C@@H]21. The third kappa shape index (κ3) is 2.34. The van der Waals surface area contributed by atoms with Crippen molar-refractivity contribution in [2.45, 2.75) is 37.4 Å². The van der Waals surface area contributed by atoms with Gasteiger partial charge in [0.2, 0.25) is 0 Å². The Balaban J connectivity index is 1.66. The highest BCUT2D eigenvalue weighted by Gasteiger charge is 2.51. The normalized spacial score (nSPS) is 26.7. The number of likely N-dealkylation sites (N-methyl/N-ethyl adjacent to an activating group) is 1. The van der Waals surface area contributed by atoms with Gasteiger partial charge in [-0.05, 0) is 24.5 Å². The number of carbonyl (C=O) groups is 1. The Labute approximate surface area is 135 Å². The highest BCUT2D eigenvalue weighted by molar-refractivity contribution is 5.78. The number of fused-ring (bicyclic) bond motifs is 1. The van der Waals surface area contributed by atoms with Crippen LogP contribution in [0.3, 0.4) is 0 Å². The molecule has 2 aromatic rings. The van der Waals surface area contributed by atoms with E-state index in [1.165, 1.54) is 0 Å². The van der Waals surface area contributed by atoms with Gasteiger partial charge in [0.05, 0.1) is 17.8 Å². The van der Waals surface area contributed by atoms with Gasteiger partial charge in [0.15, 0.2) is 0 Å². The Morgan fingerprint density at radius 1 is 1.17 bits per heavy atom. The summed E-state index contributed by atoms with van der Waals surface area (Å²) in [6.45, 7) is 0.592. The molecule has 3 atom stereocenters. The van der Waals surface area contributed by atoms with Gasteiger partial charge in [-0.15, -0.1) is 0 Å². The molecule has 2 amide bonds. The van der Waals surface area contributed by atoms with Gasteiger partial charge >= 0.3 is 6.03 Å². The number of carbonyl (C=O) groups excluding carboxylic acids is 1. The van der Waals surface area contributed by atoms with E-state index in [1.54, 1.807) is 18.6 Å². The molecule has 118 valence electrons. The summed E-state index contributed by atoms with van der Waals surface area (Å²) in [6.07, 6.45) is 10.9. The molecular weight excluding hydrogens is 290 g/mol. The van der Waals surface area contributed by atoms with Crippen LogP contribution in [-0.2, 0) is 6.54 Å². The van der Waals surface area contributed by atoms with Crippen LogP contribution in [0.5, 0.6) is 0 Å². The molecule has 1 aliphatic carbocycles. The van der Waals surface area contributed by atoms with Crippen molar-refractivity contribution in [2.24, 2.45) is 0 Å². The molecule has 6 heteroatoms. The standard InChI is InChI=1S/C17H19N5O/c1-21-15-5-4-13(14-10-19-7-8-20-14)16(15)22(17(21)23)11-12-3-2-6-18-9-12/h2-3,6-10,13,15-16H,4-5,11H2,1H3/t13-,15-,16+/m0/s1. The van der Waals surface area contributed by atoms with Crippen LogP contribution in [0.25, 0.3) is 0 Å². The van der Waals surface area contributed by atoms with Gasteiger partial charge in [-0.1, -0.05) is 6.07 Å². The van der Waals surface area contributed by atoms with Crippen LogP contribution >= 0.6 is 0 Å². The molecule has 2 aliphatic rings. The Hall–Kier alpha value is -2.50. The van der Waals surface area contributed by atoms with Crippen LogP contribution in [0.1, 0.15) is 30.0 Å². The van der Waals surface area contributed by atoms with E-state index in [-0.39, 0.29) is 24.0 Å². The zero-order valence-corrected chi connectivity index (χ0v) is 13.0. The minimum absolute atomic E-state index is 0.0949. The molecule has 3 heterocycles. The Morgan fingerprint density at radius 2 is 2.04 bits per heavy atom. The zero-order valence-electron chi connectivity index (χ0n) is 13.0. The minimum atomic E-state index is 0.0949. The first-order chi connectivity index (χ1) is 11.3. The van der Waals surface area contributed by atoms with Gasteiger partial charge in [-0.25, -0.2) is 4.79 Å². The fraction of sp³-hybridized carbons (Fsp3) is 0.412. The van der Waals surface area contributed by atoms with Crippen molar-refractivity contribution in [1.29, 1.82) is 0 Å². The summed E-state index contributed by atoms with van der Waals surface area (Å²) < 4.78 is 0. The molecule has 0 spiro atoms. The van der Waals surface area contributed by atoms with Crippen molar-refractivity contribution in [3.8, 4) is 0 Å². The fourth-order valence-electron chi connectivity index (χ4n) is 3.97. The zero-order chi connectivity index (χ0) is 15.8. The molecule has 1 saturated carbocycles. The van der Waals surface area contributed by atoms with E-state index in [0.29, 0.717) is 6.54 Å². The number of rotatable bonds is 3. The number of aromatic nitrogens is 3. The quantitative estimate of drug-likeness (QED) is 0.870. The van der Waals surface area contributed by atoms with E-state index in [2.05, 4.69) is 15.0 Å². The van der Waals surface area contributed by atoms with E-state index < -0.39 is 0 Å². The first-order valence-corrected chi connectivity index (χ1v) is 7.94. The number of nitrogens with zero attached hydrogens (tertiary/aromatic N) is 5. The first-order valence-electron chi connectivity index (χ1n) is 7.94. The third-order valence-electron chi connectivity index (χ3n) is 5.02. The van der Waals surface area contributed by atoms with Crippen LogP contribution < -0.4 is 0 Å². The number of hydrogen-bond acceptors (Lipinski definition) is 4. The van der Waals surface area contributed by atoms with Crippen LogP contribution in [0.4, 0.5) is 4.79 Å². The van der Waals surface area contributed by atoms with Gasteiger partial charge in [-0.3, -0.25) is 15.0 Å². The molecule has 1 aliphatic heterocycles. The second-order valence-corrected chi connectivity index (χ2v) is 6.25. The second kappa shape index (κ2) is 5.61. The molecule has 23 heavy (non-hydrogen) atoms. The lowest BCUT2D eigenvalue weighted by Crippen LogP contribution is -2.37. The Morgan fingerprint density at radius 3 is 2.78 bits per heavy atom. The maximum Gasteiger partial charge on any atom is 0.320 e. The average molecular weight is 309 g/mol. The lowest BCUT2D eigenvalue weighted by molar-refractivity contribution is 0.182. The highest BCUT2D eigenvalue weighted by atomic mass is 16.2. The molecule has 6 nitrogen and oxygen atoms in total. The number of hydrogen-bond donors (Lipinski definition) is 0. The highest BCUT2D eigenvalue weighted by Crippen LogP contribution is 2.43. The summed E-state index contributed by atoms with van der Waals surface area (Å²) in [5, 5.41) is 0. The minimum Gasteiger partial charge on any atom is -0.323 e. The summed E-state index contributed by atoms with van der Waals surface area (Å²) in [6, 6.07) is 4.43.